The molecule has 78 valence electrons. The summed E-state index contributed by atoms with van der Waals surface area (Å²) in [5.41, 5.74) is 0. The molecule has 1 N–H and O–H groups in total. The van der Waals surface area contributed by atoms with Gasteiger partial charge in [0.2, 0.25) is 0 Å². The Kier molecular flexibility index (Phi) is 12.9. The van der Waals surface area contributed by atoms with Crippen LogP contribution in [0.15, 0.2) is 0 Å². The summed E-state index contributed by atoms with van der Waals surface area (Å²) in [5, 5.41) is 2.91. The SMILES string of the molecule is CCNC(=S)SCCCS(=O)(=O)[O-].[K+]. The van der Waals surface area contributed by atoms with Crippen molar-refractivity contribution < 1.29 is 64.4 Å². The molecule has 0 atom stereocenters. The smallest absolute Gasteiger partial charge is 0.748 e. The molecule has 0 unspecified atom stereocenters. The van der Waals surface area contributed by atoms with Crippen LogP contribution in [0.5, 0.6) is 0 Å². The molecule has 14 heavy (non-hydrogen) atoms. The molecule has 0 aliphatic rings. The summed E-state index contributed by atoms with van der Waals surface area (Å²) in [6.45, 7) is 2.68. The Hall–Kier alpha value is 1.79. The van der Waals surface area contributed by atoms with E-state index < -0.39 is 10.1 Å². The van der Waals surface area contributed by atoms with E-state index in [1.165, 1.54) is 11.8 Å². The monoisotopic (exact) mass is 281 g/mol. The van der Waals surface area contributed by atoms with Crippen molar-refractivity contribution in [1.82, 2.24) is 5.32 Å². The molecule has 0 rings (SSSR count). The first-order valence-corrected chi connectivity index (χ1v) is 6.77. The van der Waals surface area contributed by atoms with Gasteiger partial charge in [-0.3, -0.25) is 0 Å². The summed E-state index contributed by atoms with van der Waals surface area (Å²) < 4.78 is 31.2. The fraction of sp³-hybridized carbons (Fsp3) is 0.833. The number of rotatable bonds is 5. The molecule has 0 heterocycles. The zero-order chi connectivity index (χ0) is 10.3. The number of hydrogen-bond donors (Lipinski definition) is 1. The summed E-state index contributed by atoms with van der Waals surface area (Å²) in [7, 11) is -4.06. The standard InChI is InChI=1S/C6H13NO3S3.K/c1-2-7-6(11)12-4-3-5-13(8,9)10;/h2-5H2,1H3,(H,7,11)(H,8,9,10);/q;+1/p-1. The Morgan fingerprint density at radius 1 is 1.57 bits per heavy atom. The van der Waals surface area contributed by atoms with Crippen molar-refractivity contribution in [2.75, 3.05) is 18.1 Å². The second kappa shape index (κ2) is 9.97. The summed E-state index contributed by atoms with van der Waals surface area (Å²) in [6.07, 6.45) is 0.349. The van der Waals surface area contributed by atoms with Crippen molar-refractivity contribution in [2.24, 2.45) is 0 Å². The van der Waals surface area contributed by atoms with E-state index in [0.29, 0.717) is 16.5 Å². The molecule has 0 aromatic carbocycles. The van der Waals surface area contributed by atoms with Crippen molar-refractivity contribution in [3.05, 3.63) is 0 Å². The van der Waals surface area contributed by atoms with Crippen molar-refractivity contribution in [3.63, 3.8) is 0 Å². The van der Waals surface area contributed by atoms with E-state index in [0.717, 1.165) is 6.54 Å². The fourth-order valence-electron chi connectivity index (χ4n) is 0.596. The molecule has 0 saturated carbocycles. The van der Waals surface area contributed by atoms with Crippen LogP contribution in [0.4, 0.5) is 0 Å². The van der Waals surface area contributed by atoms with Crippen LogP contribution in [-0.2, 0) is 10.1 Å². The Balaban J connectivity index is 0. The van der Waals surface area contributed by atoms with Crippen molar-refractivity contribution >= 4 is 38.4 Å². The molecule has 8 heteroatoms. The number of thiocarbonyl (C=S) groups is 1. The molecule has 0 saturated heterocycles. The molecular formula is C6H12KNO3S3. The van der Waals surface area contributed by atoms with Gasteiger partial charge in [0.15, 0.2) is 0 Å². The van der Waals surface area contributed by atoms with Crippen molar-refractivity contribution in [2.45, 2.75) is 13.3 Å². The van der Waals surface area contributed by atoms with Gasteiger partial charge in [0.25, 0.3) is 0 Å². The number of thioether (sulfide) groups is 1. The van der Waals surface area contributed by atoms with Gasteiger partial charge >= 0.3 is 51.4 Å². The Morgan fingerprint density at radius 3 is 2.57 bits per heavy atom. The first-order valence-electron chi connectivity index (χ1n) is 3.80. The van der Waals surface area contributed by atoms with Crippen LogP contribution in [0.25, 0.3) is 0 Å². The zero-order valence-corrected chi connectivity index (χ0v) is 13.9. The number of nitrogens with one attached hydrogen (secondary N) is 1. The minimum absolute atomic E-state index is 0. The minimum Gasteiger partial charge on any atom is -0.748 e. The predicted molar refractivity (Wildman–Crippen MR) is 57.9 cm³/mol. The molecule has 0 aliphatic heterocycles. The summed E-state index contributed by atoms with van der Waals surface area (Å²) in [6, 6.07) is 0. The Labute approximate surface area is 137 Å². The topological polar surface area (TPSA) is 69.2 Å². The largest absolute Gasteiger partial charge is 1.00 e. The van der Waals surface area contributed by atoms with Gasteiger partial charge in [0.1, 0.15) is 4.32 Å². The Morgan fingerprint density at radius 2 is 2.14 bits per heavy atom. The van der Waals surface area contributed by atoms with E-state index in [-0.39, 0.29) is 57.1 Å². The number of hydrogen-bond acceptors (Lipinski definition) is 5. The van der Waals surface area contributed by atoms with Gasteiger partial charge in [-0.25, -0.2) is 8.42 Å². The van der Waals surface area contributed by atoms with Crippen LogP contribution in [0.3, 0.4) is 0 Å². The van der Waals surface area contributed by atoms with Crippen molar-refractivity contribution in [3.8, 4) is 0 Å². The molecule has 0 amide bonds. The molecular weight excluding hydrogens is 269 g/mol. The second-order valence-corrected chi connectivity index (χ2v) is 5.58. The average Bonchev–Trinajstić information content (AvgIpc) is 1.97. The maximum Gasteiger partial charge on any atom is 1.00 e. The van der Waals surface area contributed by atoms with Gasteiger partial charge in [0, 0.05) is 18.1 Å². The summed E-state index contributed by atoms with van der Waals surface area (Å²) >= 11 is 6.24. The molecule has 0 spiro atoms. The van der Waals surface area contributed by atoms with Gasteiger partial charge < -0.3 is 9.87 Å². The third-order valence-corrected chi connectivity index (χ3v) is 3.28. The van der Waals surface area contributed by atoms with Gasteiger partial charge in [-0.15, -0.1) is 0 Å². The zero-order valence-electron chi connectivity index (χ0n) is 8.28. The predicted octanol–water partition coefficient (Wildman–Crippen LogP) is -2.45. The molecule has 0 fully saturated rings. The van der Waals surface area contributed by atoms with Crippen LogP contribution in [0, 0.1) is 0 Å². The maximum atomic E-state index is 10.2. The molecule has 0 aliphatic carbocycles. The average molecular weight is 281 g/mol. The van der Waals surface area contributed by atoms with E-state index in [4.69, 9.17) is 12.2 Å². The van der Waals surface area contributed by atoms with Crippen LogP contribution < -0.4 is 56.7 Å². The van der Waals surface area contributed by atoms with E-state index in [9.17, 15) is 13.0 Å². The van der Waals surface area contributed by atoms with Gasteiger partial charge in [-0.05, 0) is 13.3 Å². The van der Waals surface area contributed by atoms with Crippen LogP contribution >= 0.6 is 24.0 Å². The molecule has 0 bridgehead atoms. The first-order chi connectivity index (χ1) is 5.95. The molecule has 0 aromatic heterocycles. The maximum absolute atomic E-state index is 10.2. The van der Waals surface area contributed by atoms with Crippen LogP contribution in [0.1, 0.15) is 13.3 Å². The first kappa shape index (κ1) is 18.2. The van der Waals surface area contributed by atoms with Crippen LogP contribution in [0.2, 0.25) is 0 Å². The van der Waals surface area contributed by atoms with E-state index in [2.05, 4.69) is 5.32 Å². The van der Waals surface area contributed by atoms with Gasteiger partial charge in [-0.2, -0.15) is 0 Å². The Bertz CT molecular complexity index is 255. The molecule has 4 nitrogen and oxygen atoms in total. The normalized spacial score (nSPS) is 10.4. The molecule has 0 radical (unpaired) electrons. The van der Waals surface area contributed by atoms with Crippen molar-refractivity contribution in [1.29, 1.82) is 0 Å². The van der Waals surface area contributed by atoms with Crippen LogP contribution in [-0.4, -0.2) is 35.3 Å². The summed E-state index contributed by atoms with van der Waals surface area (Å²) in [5.74, 6) is 0.252. The third kappa shape index (κ3) is 13.8. The minimum atomic E-state index is -4.06. The van der Waals surface area contributed by atoms with Gasteiger partial charge in [-0.1, -0.05) is 24.0 Å². The van der Waals surface area contributed by atoms with E-state index in [1.54, 1.807) is 0 Å². The van der Waals surface area contributed by atoms with Gasteiger partial charge in [0.05, 0.1) is 10.1 Å². The summed E-state index contributed by atoms with van der Waals surface area (Å²) in [4.78, 5) is 0. The fourth-order valence-corrected chi connectivity index (χ4v) is 2.39. The third-order valence-electron chi connectivity index (χ3n) is 1.09. The second-order valence-electron chi connectivity index (χ2n) is 2.28. The van der Waals surface area contributed by atoms with E-state index in [1.807, 2.05) is 6.92 Å². The quantitative estimate of drug-likeness (QED) is 0.261. The van der Waals surface area contributed by atoms with E-state index >= 15 is 0 Å². The molecule has 0 aromatic rings.